The lowest BCUT2D eigenvalue weighted by molar-refractivity contribution is -0.142. The molecule has 0 bridgehead atoms. The SMILES string of the molecule is COCc1nc(CCN(C(C)=O)C2CCCN(C(=O)COCc3ccccc3)C2)no1. The van der Waals surface area contributed by atoms with Gasteiger partial charge in [-0.3, -0.25) is 9.59 Å². The Morgan fingerprint density at radius 2 is 2.06 bits per heavy atom. The minimum atomic E-state index is -0.0495. The first-order valence-corrected chi connectivity index (χ1v) is 10.5. The van der Waals surface area contributed by atoms with Crippen LogP contribution in [0, 0.1) is 0 Å². The molecule has 2 heterocycles. The number of carbonyl (C=O) groups is 2. The highest BCUT2D eigenvalue weighted by Gasteiger charge is 2.29. The second-order valence-electron chi connectivity index (χ2n) is 7.61. The van der Waals surface area contributed by atoms with Gasteiger partial charge in [-0.25, -0.2) is 0 Å². The highest BCUT2D eigenvalue weighted by atomic mass is 16.5. The van der Waals surface area contributed by atoms with Crippen LogP contribution in [0.4, 0.5) is 0 Å². The smallest absolute Gasteiger partial charge is 0.252 e. The van der Waals surface area contributed by atoms with Crippen LogP contribution < -0.4 is 0 Å². The number of ether oxygens (including phenoxy) is 2. The van der Waals surface area contributed by atoms with Gasteiger partial charge in [0.1, 0.15) is 13.2 Å². The number of hydrogen-bond donors (Lipinski definition) is 0. The molecule has 0 saturated carbocycles. The highest BCUT2D eigenvalue weighted by molar-refractivity contribution is 5.78. The molecule has 1 atom stereocenters. The zero-order valence-corrected chi connectivity index (χ0v) is 18.2. The topological polar surface area (TPSA) is 98.0 Å². The van der Waals surface area contributed by atoms with Crippen LogP contribution in [0.2, 0.25) is 0 Å². The summed E-state index contributed by atoms with van der Waals surface area (Å²) in [5.74, 6) is 0.875. The number of benzene rings is 1. The zero-order valence-electron chi connectivity index (χ0n) is 18.2. The number of piperidine rings is 1. The van der Waals surface area contributed by atoms with Crippen LogP contribution in [0.15, 0.2) is 34.9 Å². The third-order valence-electron chi connectivity index (χ3n) is 5.29. The molecule has 2 amide bonds. The normalized spacial score (nSPS) is 16.3. The Morgan fingerprint density at radius 1 is 1.26 bits per heavy atom. The monoisotopic (exact) mass is 430 g/mol. The van der Waals surface area contributed by atoms with Crippen molar-refractivity contribution in [3.63, 3.8) is 0 Å². The number of hydrogen-bond acceptors (Lipinski definition) is 7. The van der Waals surface area contributed by atoms with E-state index >= 15 is 0 Å². The summed E-state index contributed by atoms with van der Waals surface area (Å²) in [4.78, 5) is 32.8. The maximum Gasteiger partial charge on any atom is 0.252 e. The van der Waals surface area contributed by atoms with Gasteiger partial charge in [0.25, 0.3) is 5.89 Å². The molecule has 1 fully saturated rings. The predicted octanol–water partition coefficient (Wildman–Crippen LogP) is 1.81. The second kappa shape index (κ2) is 11.6. The van der Waals surface area contributed by atoms with E-state index in [0.717, 1.165) is 18.4 Å². The van der Waals surface area contributed by atoms with Crippen molar-refractivity contribution in [3.8, 4) is 0 Å². The quantitative estimate of drug-likeness (QED) is 0.567. The van der Waals surface area contributed by atoms with E-state index in [1.807, 2.05) is 30.3 Å². The summed E-state index contributed by atoms with van der Waals surface area (Å²) in [6.07, 6.45) is 2.19. The number of methoxy groups -OCH3 is 1. The summed E-state index contributed by atoms with van der Waals surface area (Å²) < 4.78 is 15.7. The van der Waals surface area contributed by atoms with Gasteiger partial charge in [-0.15, -0.1) is 0 Å². The molecule has 1 aromatic carbocycles. The largest absolute Gasteiger partial charge is 0.375 e. The molecule has 0 spiro atoms. The van der Waals surface area contributed by atoms with Gasteiger partial charge in [-0.1, -0.05) is 35.5 Å². The van der Waals surface area contributed by atoms with Gasteiger partial charge in [-0.2, -0.15) is 4.98 Å². The van der Waals surface area contributed by atoms with Crippen LogP contribution in [0.1, 0.15) is 37.0 Å². The maximum atomic E-state index is 12.6. The first-order valence-electron chi connectivity index (χ1n) is 10.5. The van der Waals surface area contributed by atoms with Crippen LogP contribution in [0.3, 0.4) is 0 Å². The Bertz CT molecular complexity index is 841. The van der Waals surface area contributed by atoms with E-state index in [2.05, 4.69) is 10.1 Å². The number of amides is 2. The molecule has 9 nitrogen and oxygen atoms in total. The van der Waals surface area contributed by atoms with E-state index < -0.39 is 0 Å². The second-order valence-corrected chi connectivity index (χ2v) is 7.61. The minimum absolute atomic E-state index is 0.0276. The predicted molar refractivity (Wildman–Crippen MR) is 112 cm³/mol. The van der Waals surface area contributed by atoms with E-state index in [0.29, 0.717) is 44.4 Å². The van der Waals surface area contributed by atoms with Crippen molar-refractivity contribution in [1.29, 1.82) is 0 Å². The molecule has 3 rings (SSSR count). The molecule has 2 aromatic rings. The number of aromatic nitrogens is 2. The molecule has 1 aliphatic heterocycles. The van der Waals surface area contributed by atoms with Crippen LogP contribution in [0.5, 0.6) is 0 Å². The lowest BCUT2D eigenvalue weighted by Gasteiger charge is -2.39. The van der Waals surface area contributed by atoms with Crippen LogP contribution >= 0.6 is 0 Å². The molecule has 31 heavy (non-hydrogen) atoms. The van der Waals surface area contributed by atoms with Crippen molar-refractivity contribution in [2.75, 3.05) is 33.4 Å². The van der Waals surface area contributed by atoms with E-state index in [1.165, 1.54) is 0 Å². The van der Waals surface area contributed by atoms with Gasteiger partial charge in [-0.05, 0) is 18.4 Å². The third kappa shape index (κ3) is 6.86. The first kappa shape index (κ1) is 22.9. The molecule has 168 valence electrons. The molecule has 1 saturated heterocycles. The average molecular weight is 431 g/mol. The summed E-state index contributed by atoms with van der Waals surface area (Å²) in [6.45, 7) is 3.91. The molecule has 1 aliphatic rings. The Balaban J connectivity index is 1.49. The third-order valence-corrected chi connectivity index (χ3v) is 5.29. The van der Waals surface area contributed by atoms with Crippen molar-refractivity contribution < 1.29 is 23.6 Å². The van der Waals surface area contributed by atoms with Gasteiger partial charge in [0.05, 0.1) is 6.61 Å². The summed E-state index contributed by atoms with van der Waals surface area (Å²) >= 11 is 0. The Hall–Kier alpha value is -2.78. The first-order chi connectivity index (χ1) is 15.1. The maximum absolute atomic E-state index is 12.6. The highest BCUT2D eigenvalue weighted by Crippen LogP contribution is 2.17. The van der Waals surface area contributed by atoms with Crippen LogP contribution in [0.25, 0.3) is 0 Å². The van der Waals surface area contributed by atoms with Crippen molar-refractivity contribution in [1.82, 2.24) is 19.9 Å². The lowest BCUT2D eigenvalue weighted by atomic mass is 10.0. The molecule has 0 N–H and O–H groups in total. The van der Waals surface area contributed by atoms with E-state index in [9.17, 15) is 9.59 Å². The van der Waals surface area contributed by atoms with E-state index in [1.54, 1.807) is 23.8 Å². The number of carbonyl (C=O) groups excluding carboxylic acids is 2. The Labute approximate surface area is 182 Å². The average Bonchev–Trinajstić information content (AvgIpc) is 3.22. The van der Waals surface area contributed by atoms with Gasteiger partial charge < -0.3 is 23.8 Å². The molecular formula is C22H30N4O5. The number of likely N-dealkylation sites (tertiary alicyclic amines) is 1. The Kier molecular flexibility index (Phi) is 8.54. The van der Waals surface area contributed by atoms with Crippen molar-refractivity contribution >= 4 is 11.8 Å². The van der Waals surface area contributed by atoms with Crippen LogP contribution in [-0.2, 0) is 38.7 Å². The lowest BCUT2D eigenvalue weighted by Crippen LogP contribution is -2.52. The van der Waals surface area contributed by atoms with Gasteiger partial charge >= 0.3 is 0 Å². The van der Waals surface area contributed by atoms with E-state index in [4.69, 9.17) is 14.0 Å². The molecule has 1 aromatic heterocycles. The van der Waals surface area contributed by atoms with Gasteiger partial charge in [0.15, 0.2) is 5.82 Å². The van der Waals surface area contributed by atoms with Crippen molar-refractivity contribution in [2.24, 2.45) is 0 Å². The molecular weight excluding hydrogens is 400 g/mol. The molecule has 0 aliphatic carbocycles. The summed E-state index contributed by atoms with van der Waals surface area (Å²) in [5, 5.41) is 3.93. The van der Waals surface area contributed by atoms with Crippen molar-refractivity contribution in [3.05, 3.63) is 47.6 Å². The van der Waals surface area contributed by atoms with Gasteiger partial charge in [0.2, 0.25) is 11.8 Å². The molecule has 1 unspecified atom stereocenters. The fourth-order valence-electron chi connectivity index (χ4n) is 3.75. The van der Waals surface area contributed by atoms with Gasteiger partial charge in [0, 0.05) is 46.1 Å². The van der Waals surface area contributed by atoms with Crippen LogP contribution in [-0.4, -0.2) is 71.1 Å². The number of nitrogens with zero attached hydrogens (tertiary/aromatic N) is 4. The fourth-order valence-corrected chi connectivity index (χ4v) is 3.75. The van der Waals surface area contributed by atoms with Crippen molar-refractivity contribution in [2.45, 2.75) is 45.4 Å². The number of rotatable bonds is 10. The summed E-state index contributed by atoms with van der Waals surface area (Å²) in [7, 11) is 1.56. The van der Waals surface area contributed by atoms with E-state index in [-0.39, 0.29) is 31.1 Å². The standard InChI is InChI=1S/C22H30N4O5/c1-17(27)26(12-10-20-23-21(15-29-2)31-24-20)19-9-6-11-25(13-19)22(28)16-30-14-18-7-4-3-5-8-18/h3-5,7-8,19H,6,9-16H2,1-2H3. The minimum Gasteiger partial charge on any atom is -0.375 e. The summed E-state index contributed by atoms with van der Waals surface area (Å²) in [6, 6.07) is 9.73. The summed E-state index contributed by atoms with van der Waals surface area (Å²) in [5.41, 5.74) is 1.03. The fraction of sp³-hybridized carbons (Fsp3) is 0.545. The zero-order chi connectivity index (χ0) is 22.1. The molecule has 0 radical (unpaired) electrons. The Morgan fingerprint density at radius 3 is 2.81 bits per heavy atom. The molecule has 9 heteroatoms.